The Morgan fingerprint density at radius 1 is 1.14 bits per heavy atom. The molecule has 3 N–H and O–H groups in total. The number of hydrogen-bond acceptors (Lipinski definition) is 2. The first-order valence-corrected chi connectivity index (χ1v) is 7.01. The number of hydrogen-bond donors (Lipinski definition) is 2. The number of carbonyl (C=O) groups is 1. The molecule has 0 aliphatic rings. The summed E-state index contributed by atoms with van der Waals surface area (Å²) in [7, 11) is 0. The quantitative estimate of drug-likeness (QED) is 0.653. The Balaban J connectivity index is 1.80. The van der Waals surface area contributed by atoms with Crippen molar-refractivity contribution < 1.29 is 4.79 Å². The zero-order valence-corrected chi connectivity index (χ0v) is 12.2. The van der Waals surface area contributed by atoms with Crippen molar-refractivity contribution >= 4 is 17.7 Å². The van der Waals surface area contributed by atoms with Gasteiger partial charge in [0.1, 0.15) is 0 Å². The summed E-state index contributed by atoms with van der Waals surface area (Å²) in [5, 5.41) is 2.89. The maximum atomic E-state index is 11.7. The van der Waals surface area contributed by atoms with Gasteiger partial charge < -0.3 is 11.1 Å². The molecule has 108 valence electrons. The molecule has 0 radical (unpaired) electrons. The van der Waals surface area contributed by atoms with Gasteiger partial charge in [0.25, 0.3) is 0 Å². The van der Waals surface area contributed by atoms with Gasteiger partial charge in [-0.15, -0.1) is 0 Å². The highest BCUT2D eigenvalue weighted by Gasteiger charge is 1.99. The average Bonchev–Trinajstić information content (AvgIpc) is 2.49. The zero-order chi connectivity index (χ0) is 15.1. The molecular weight excluding hydrogens is 260 g/mol. The predicted molar refractivity (Wildman–Crippen MR) is 87.8 cm³/mol. The lowest BCUT2D eigenvalue weighted by molar-refractivity contribution is -0.116. The first-order valence-electron chi connectivity index (χ1n) is 7.01. The molecule has 21 heavy (non-hydrogen) atoms. The van der Waals surface area contributed by atoms with Crippen LogP contribution in [0.5, 0.6) is 0 Å². The highest BCUT2D eigenvalue weighted by atomic mass is 16.1. The van der Waals surface area contributed by atoms with Gasteiger partial charge in [-0.3, -0.25) is 4.79 Å². The minimum Gasteiger partial charge on any atom is -0.399 e. The Bertz CT molecular complexity index is 630. The molecular formula is C18H20N2O. The summed E-state index contributed by atoms with van der Waals surface area (Å²) < 4.78 is 0. The molecule has 2 aromatic carbocycles. The number of aryl methyl sites for hydroxylation is 1. The first kappa shape index (κ1) is 14.9. The van der Waals surface area contributed by atoms with E-state index in [4.69, 9.17) is 5.73 Å². The van der Waals surface area contributed by atoms with Crippen LogP contribution in [0.1, 0.15) is 16.7 Å². The van der Waals surface area contributed by atoms with E-state index in [0.717, 1.165) is 17.7 Å². The fourth-order valence-corrected chi connectivity index (χ4v) is 2.05. The molecule has 0 heterocycles. The summed E-state index contributed by atoms with van der Waals surface area (Å²) in [6, 6.07) is 15.6. The lowest BCUT2D eigenvalue weighted by atomic mass is 10.1. The number of amides is 1. The molecule has 3 nitrogen and oxygen atoms in total. The third-order valence-electron chi connectivity index (χ3n) is 3.32. The smallest absolute Gasteiger partial charge is 0.244 e. The van der Waals surface area contributed by atoms with Gasteiger partial charge in [-0.2, -0.15) is 0 Å². The van der Waals surface area contributed by atoms with Gasteiger partial charge >= 0.3 is 0 Å². The van der Waals surface area contributed by atoms with Crippen LogP contribution in [-0.4, -0.2) is 12.5 Å². The molecule has 2 aromatic rings. The molecule has 0 spiro atoms. The van der Waals surface area contributed by atoms with Crippen molar-refractivity contribution in [1.29, 1.82) is 0 Å². The largest absolute Gasteiger partial charge is 0.399 e. The number of nitrogen functional groups attached to an aromatic ring is 1. The van der Waals surface area contributed by atoms with E-state index < -0.39 is 0 Å². The van der Waals surface area contributed by atoms with Crippen LogP contribution < -0.4 is 11.1 Å². The van der Waals surface area contributed by atoms with Crippen molar-refractivity contribution in [2.75, 3.05) is 12.3 Å². The van der Waals surface area contributed by atoms with Crippen LogP contribution in [0.2, 0.25) is 0 Å². The number of anilines is 1. The van der Waals surface area contributed by atoms with Crippen molar-refractivity contribution in [3.63, 3.8) is 0 Å². The SMILES string of the molecule is Cc1ccccc1CCNC(=O)/C=C/c1ccc(N)cc1. The van der Waals surface area contributed by atoms with Gasteiger partial charge in [0.05, 0.1) is 0 Å². The summed E-state index contributed by atoms with van der Waals surface area (Å²) in [5.41, 5.74) is 9.80. The maximum absolute atomic E-state index is 11.7. The second-order valence-electron chi connectivity index (χ2n) is 4.97. The van der Waals surface area contributed by atoms with Crippen LogP contribution in [0.15, 0.2) is 54.6 Å². The molecule has 0 unspecified atom stereocenters. The fraction of sp³-hybridized carbons (Fsp3) is 0.167. The van der Waals surface area contributed by atoms with E-state index in [-0.39, 0.29) is 5.91 Å². The number of nitrogens with two attached hydrogens (primary N) is 1. The minimum absolute atomic E-state index is 0.0830. The van der Waals surface area contributed by atoms with Gasteiger partial charge in [0, 0.05) is 18.3 Å². The standard InChI is InChI=1S/C18H20N2O/c1-14-4-2-3-5-16(14)12-13-20-18(21)11-8-15-6-9-17(19)10-7-15/h2-11H,12-13,19H2,1H3,(H,20,21)/b11-8+. The summed E-state index contributed by atoms with van der Waals surface area (Å²) >= 11 is 0. The van der Waals surface area contributed by atoms with E-state index in [0.29, 0.717) is 6.54 Å². The molecule has 0 aliphatic heterocycles. The van der Waals surface area contributed by atoms with Crippen LogP contribution in [-0.2, 0) is 11.2 Å². The van der Waals surface area contributed by atoms with Gasteiger partial charge in [-0.05, 0) is 48.2 Å². The normalized spacial score (nSPS) is 10.7. The Kier molecular flexibility index (Phi) is 5.16. The number of rotatable bonds is 5. The molecule has 2 rings (SSSR count). The van der Waals surface area contributed by atoms with Crippen LogP contribution in [0.4, 0.5) is 5.69 Å². The van der Waals surface area contributed by atoms with Gasteiger partial charge in [0.2, 0.25) is 5.91 Å². The molecule has 1 amide bonds. The van der Waals surface area contributed by atoms with E-state index in [2.05, 4.69) is 24.4 Å². The summed E-state index contributed by atoms with van der Waals surface area (Å²) in [6.07, 6.45) is 4.17. The number of benzene rings is 2. The number of carbonyl (C=O) groups excluding carboxylic acids is 1. The Labute approximate surface area is 125 Å². The van der Waals surface area contributed by atoms with Gasteiger partial charge in [0.15, 0.2) is 0 Å². The Morgan fingerprint density at radius 2 is 1.86 bits per heavy atom. The van der Waals surface area contributed by atoms with Crippen LogP contribution >= 0.6 is 0 Å². The van der Waals surface area contributed by atoms with Crippen LogP contribution in [0, 0.1) is 6.92 Å². The third-order valence-corrected chi connectivity index (χ3v) is 3.32. The second-order valence-corrected chi connectivity index (χ2v) is 4.97. The van der Waals surface area contributed by atoms with Crippen molar-refractivity contribution in [1.82, 2.24) is 5.32 Å². The molecule has 0 saturated carbocycles. The minimum atomic E-state index is -0.0830. The first-order chi connectivity index (χ1) is 10.1. The maximum Gasteiger partial charge on any atom is 0.244 e. The summed E-state index contributed by atoms with van der Waals surface area (Å²) in [5.74, 6) is -0.0830. The topological polar surface area (TPSA) is 55.1 Å². The summed E-state index contributed by atoms with van der Waals surface area (Å²) in [6.45, 7) is 2.72. The highest BCUT2D eigenvalue weighted by molar-refractivity contribution is 5.91. The van der Waals surface area contributed by atoms with Crippen molar-refractivity contribution in [3.8, 4) is 0 Å². The van der Waals surface area contributed by atoms with Gasteiger partial charge in [-0.25, -0.2) is 0 Å². The summed E-state index contributed by atoms with van der Waals surface area (Å²) in [4.78, 5) is 11.7. The Morgan fingerprint density at radius 3 is 2.57 bits per heavy atom. The van der Waals surface area contributed by atoms with Crippen molar-refractivity contribution in [2.24, 2.45) is 0 Å². The zero-order valence-electron chi connectivity index (χ0n) is 12.2. The lowest BCUT2D eigenvalue weighted by Gasteiger charge is -2.05. The van der Waals surface area contributed by atoms with Crippen LogP contribution in [0.25, 0.3) is 6.08 Å². The Hall–Kier alpha value is -2.55. The highest BCUT2D eigenvalue weighted by Crippen LogP contribution is 2.08. The van der Waals surface area contributed by atoms with E-state index in [1.54, 1.807) is 12.2 Å². The van der Waals surface area contributed by atoms with Crippen molar-refractivity contribution in [2.45, 2.75) is 13.3 Å². The van der Waals surface area contributed by atoms with Gasteiger partial charge in [-0.1, -0.05) is 36.4 Å². The van der Waals surface area contributed by atoms with E-state index >= 15 is 0 Å². The predicted octanol–water partition coefficient (Wildman–Crippen LogP) is 2.95. The fourth-order valence-electron chi connectivity index (χ4n) is 2.05. The van der Waals surface area contributed by atoms with E-state index in [1.807, 2.05) is 36.4 Å². The molecule has 0 bridgehead atoms. The average molecular weight is 280 g/mol. The second kappa shape index (κ2) is 7.29. The van der Waals surface area contributed by atoms with Crippen molar-refractivity contribution in [3.05, 3.63) is 71.3 Å². The molecule has 0 atom stereocenters. The molecule has 0 aromatic heterocycles. The molecule has 0 saturated heterocycles. The third kappa shape index (κ3) is 4.80. The monoisotopic (exact) mass is 280 g/mol. The number of nitrogens with one attached hydrogen (secondary N) is 1. The molecule has 3 heteroatoms. The molecule has 0 fully saturated rings. The molecule has 0 aliphatic carbocycles. The van der Waals surface area contributed by atoms with E-state index in [1.165, 1.54) is 11.1 Å². The van der Waals surface area contributed by atoms with Crippen LogP contribution in [0.3, 0.4) is 0 Å². The van der Waals surface area contributed by atoms with E-state index in [9.17, 15) is 4.79 Å². The lowest BCUT2D eigenvalue weighted by Crippen LogP contribution is -2.23.